The molecule has 458 valence electrons. The van der Waals surface area contributed by atoms with Crippen molar-refractivity contribution in [1.29, 1.82) is 0 Å². The van der Waals surface area contributed by atoms with Crippen LogP contribution < -0.4 is 26.4 Å². The molecule has 26 heteroatoms. The second-order valence-electron chi connectivity index (χ2n) is 20.3. The summed E-state index contributed by atoms with van der Waals surface area (Å²) in [7, 11) is 0. The summed E-state index contributed by atoms with van der Waals surface area (Å²) in [4.78, 5) is 0. The molecule has 9 aromatic carbocycles. The Morgan fingerprint density at radius 2 is 0.557 bits per heavy atom. The molecule has 0 amide bonds. The molecule has 0 saturated heterocycles. The third-order valence-corrected chi connectivity index (χ3v) is 14.6. The summed E-state index contributed by atoms with van der Waals surface area (Å²) in [6.45, 7) is 0.843. The lowest BCUT2D eigenvalue weighted by Crippen LogP contribution is -2.75. The van der Waals surface area contributed by atoms with E-state index in [0.29, 0.717) is 0 Å². The van der Waals surface area contributed by atoms with E-state index in [1.165, 1.54) is 49.1 Å². The van der Waals surface area contributed by atoms with Gasteiger partial charge in [-0.2, -0.15) is 132 Å². The Morgan fingerprint density at radius 1 is 0.261 bits per heavy atom. The Balaban J connectivity index is 0.000000246. The second kappa shape index (κ2) is 22.5. The lowest BCUT2D eigenvalue weighted by atomic mass is 9.12. The van der Waals surface area contributed by atoms with Crippen LogP contribution in [-0.2, 0) is 56.0 Å². The number of benzene rings is 9. The number of aromatic nitrogens is 1. The van der Waals surface area contributed by atoms with Gasteiger partial charge >= 0.3 is 49.4 Å². The number of fused-ring (bicyclic) bond motifs is 3. The fraction of sp³-hybridized carbons (Fsp3) is 0.145. The van der Waals surface area contributed by atoms with Crippen molar-refractivity contribution in [3.05, 3.63) is 244 Å². The van der Waals surface area contributed by atoms with E-state index >= 15 is 0 Å². The molecule has 0 atom stereocenters. The fourth-order valence-corrected chi connectivity index (χ4v) is 10.7. The van der Waals surface area contributed by atoms with Crippen LogP contribution in [0.1, 0.15) is 50.1 Å². The van der Waals surface area contributed by atoms with E-state index < -0.39 is 195 Å². The Hall–Kier alpha value is -8.71. The maximum atomic E-state index is 14.2. The Kier molecular flexibility index (Phi) is 16.3. The van der Waals surface area contributed by atoms with Gasteiger partial charge in [0.1, 0.15) is 6.15 Å². The van der Waals surface area contributed by atoms with Gasteiger partial charge < -0.3 is 0 Å². The summed E-state index contributed by atoms with van der Waals surface area (Å²) in [6.07, 6.45) is -52.6. The number of halogens is 24. The lowest BCUT2D eigenvalue weighted by Gasteiger charge is -2.46. The summed E-state index contributed by atoms with van der Waals surface area (Å²) in [5.41, 5.74) is -26.4. The number of nitrogens with zero attached hydrogens (tertiary/aromatic N) is 1. The number of hydrogen-bond donors (Lipinski definition) is 0. The van der Waals surface area contributed by atoms with Gasteiger partial charge in [0.25, 0.3) is 0 Å². The summed E-state index contributed by atoms with van der Waals surface area (Å²) in [5, 5.41) is 7.69. The first-order valence-corrected chi connectivity index (χ1v) is 25.4. The zero-order valence-electron chi connectivity index (χ0n) is 43.8. The Bertz CT molecular complexity index is 3800. The molecule has 88 heavy (non-hydrogen) atoms. The van der Waals surface area contributed by atoms with E-state index in [0.717, 1.165) is 6.54 Å². The zero-order valence-corrected chi connectivity index (χ0v) is 43.8. The van der Waals surface area contributed by atoms with Gasteiger partial charge in [0.05, 0.1) is 50.1 Å². The van der Waals surface area contributed by atoms with Crippen molar-refractivity contribution in [1.82, 2.24) is 0 Å². The van der Waals surface area contributed by atoms with E-state index in [1.54, 1.807) is 0 Å². The first-order chi connectivity index (χ1) is 40.6. The van der Waals surface area contributed by atoms with E-state index in [2.05, 4.69) is 126 Å². The van der Waals surface area contributed by atoms with Crippen LogP contribution in [0.3, 0.4) is 0 Å². The maximum Gasteiger partial charge on any atom is 0.416 e. The van der Waals surface area contributed by atoms with E-state index in [1.807, 2.05) is 0 Å². The number of hydrogen-bond acceptors (Lipinski definition) is 0. The van der Waals surface area contributed by atoms with Crippen molar-refractivity contribution < 1.29 is 110 Å². The molecule has 0 radical (unpaired) electrons. The second-order valence-corrected chi connectivity index (χ2v) is 20.3. The van der Waals surface area contributed by atoms with Gasteiger partial charge in [-0.05, 0) is 80.8 Å². The monoisotopic (exact) mass is 1260 g/mol. The summed E-state index contributed by atoms with van der Waals surface area (Å²) in [5.74, 6) is 0. The molecular formula is C62H34BF24N. The van der Waals surface area contributed by atoms with Crippen LogP contribution in [-0.4, -0.2) is 6.15 Å². The van der Waals surface area contributed by atoms with Crippen molar-refractivity contribution in [2.45, 2.75) is 56.0 Å². The lowest BCUT2D eigenvalue weighted by molar-refractivity contribution is -0.677. The molecule has 0 aliphatic heterocycles. The maximum absolute atomic E-state index is 14.2. The van der Waals surface area contributed by atoms with Crippen LogP contribution in [0.5, 0.6) is 0 Å². The van der Waals surface area contributed by atoms with E-state index in [9.17, 15) is 105 Å². The number of alkyl halides is 24. The molecule has 10 rings (SSSR count). The van der Waals surface area contributed by atoms with Gasteiger partial charge in [0, 0.05) is 17.7 Å². The molecule has 0 bridgehead atoms. The third-order valence-electron chi connectivity index (χ3n) is 14.6. The first-order valence-electron chi connectivity index (χ1n) is 25.4. The molecule has 0 aliphatic rings. The number of pyridine rings is 1. The van der Waals surface area contributed by atoms with Crippen molar-refractivity contribution >= 4 is 60.3 Å². The molecule has 1 aromatic heterocycles. The topological polar surface area (TPSA) is 3.88 Å². The summed E-state index contributed by atoms with van der Waals surface area (Å²) < 4.78 is 343. The Labute approximate surface area is 480 Å². The van der Waals surface area contributed by atoms with Crippen molar-refractivity contribution in [2.24, 2.45) is 0 Å². The van der Waals surface area contributed by atoms with Crippen molar-refractivity contribution in [2.75, 3.05) is 0 Å². The molecule has 10 aromatic rings. The highest BCUT2D eigenvalue weighted by atomic mass is 19.4. The highest BCUT2D eigenvalue weighted by molar-refractivity contribution is 7.20. The van der Waals surface area contributed by atoms with Gasteiger partial charge in [0.15, 0.2) is 12.7 Å². The predicted octanol–water partition coefficient (Wildman–Crippen LogP) is 18.4. The van der Waals surface area contributed by atoms with Crippen molar-refractivity contribution in [3.63, 3.8) is 0 Å². The quantitative estimate of drug-likeness (QED) is 0.0648. The molecule has 0 fully saturated rings. The van der Waals surface area contributed by atoms with E-state index in [-0.39, 0.29) is 0 Å². The highest BCUT2D eigenvalue weighted by Crippen LogP contribution is 2.43. The predicted molar refractivity (Wildman–Crippen MR) is 280 cm³/mol. The summed E-state index contributed by atoms with van der Waals surface area (Å²) >= 11 is 0. The minimum atomic E-state index is -6.13. The summed E-state index contributed by atoms with van der Waals surface area (Å²) in [6, 6.07) is 32.8. The van der Waals surface area contributed by atoms with Crippen LogP contribution in [0.4, 0.5) is 105 Å². The van der Waals surface area contributed by atoms with Gasteiger partial charge in [-0.3, -0.25) is 0 Å². The third kappa shape index (κ3) is 13.2. The first kappa shape index (κ1) is 63.8. The zero-order chi connectivity index (χ0) is 64.5. The van der Waals surface area contributed by atoms with Gasteiger partial charge in [-0.25, -0.2) is 0 Å². The smallest absolute Gasteiger partial charge is 0.194 e. The molecule has 0 N–H and O–H groups in total. The largest absolute Gasteiger partial charge is 0.416 e. The molecule has 0 unspecified atom stereocenters. The molecular weight excluding hydrogens is 1230 g/mol. The van der Waals surface area contributed by atoms with Crippen LogP contribution in [0.25, 0.3) is 43.6 Å². The average Bonchev–Trinajstić information content (AvgIpc) is 0.725. The highest BCUT2D eigenvalue weighted by Gasteiger charge is 2.47. The van der Waals surface area contributed by atoms with Crippen LogP contribution in [0.2, 0.25) is 0 Å². The fourth-order valence-electron chi connectivity index (χ4n) is 10.7. The Morgan fingerprint density at radius 3 is 0.909 bits per heavy atom. The number of rotatable bonds is 7. The molecule has 0 spiro atoms. The molecule has 0 saturated carbocycles. The minimum absolute atomic E-state index is 0.691. The molecule has 0 aliphatic carbocycles. The van der Waals surface area contributed by atoms with Crippen molar-refractivity contribution in [3.8, 4) is 11.3 Å². The minimum Gasteiger partial charge on any atom is -0.194 e. The van der Waals surface area contributed by atoms with Gasteiger partial charge in [0.2, 0.25) is 5.69 Å². The SMILES string of the molecule is FC(F)(F)c1cc([B-](c2cc(C(F)(F)F)cc(C(F)(F)F)c2)(c2cc(C(F)(F)F)cc(C(F)(F)F)c2)c2cc(C(F)(F)F)cc(C(F)(F)F)c2)cc(C(F)(F)F)c1.c1ccc(C[n+]2ccccc2-c2c3ccccc3cc3cc4ccccc4cc23)cc1. The molecule has 1 heterocycles. The van der Waals surface area contributed by atoms with E-state index in [4.69, 9.17) is 0 Å². The van der Waals surface area contributed by atoms with Gasteiger partial charge in [-0.1, -0.05) is 127 Å². The van der Waals surface area contributed by atoms with Gasteiger partial charge in [-0.15, -0.1) is 0 Å². The average molecular weight is 1260 g/mol. The standard InChI is InChI=1S/C32H12BF24.C30H22N/c34-25(35,36)13-1-14(26(37,38)39)6-21(5-13)33(22-7-15(27(40,41)42)2-16(8-22)28(43,44)45,23-9-17(29(46,47)48)3-18(10-23)30(49,50)51)24-11-19(31(52,53)54)4-20(12-24)32(55,56)57;1-2-10-22(11-3-1)21-31-17-9-8-16-29(31)30-27-15-7-6-14-25(27)19-26-18-23-12-4-5-13-24(23)20-28(26)30/h1-12H;1-20H,21H2/q-1;+1. The van der Waals surface area contributed by atoms with Crippen LogP contribution in [0, 0.1) is 0 Å². The van der Waals surface area contributed by atoms with Crippen LogP contribution in [0.15, 0.2) is 194 Å². The molecule has 1 nitrogen and oxygen atoms in total. The normalized spacial score (nSPS) is 13.3. The van der Waals surface area contributed by atoms with Crippen LogP contribution >= 0.6 is 0 Å².